The number of aliphatic hydroxyl groups excluding tert-OH is 1. The summed E-state index contributed by atoms with van der Waals surface area (Å²) in [6.45, 7) is 4.57. The average Bonchev–Trinajstić information content (AvgIpc) is 2.35. The van der Waals surface area contributed by atoms with E-state index < -0.39 is 0 Å². The molecule has 0 saturated carbocycles. The van der Waals surface area contributed by atoms with Crippen LogP contribution in [0.1, 0.15) is 20.3 Å². The molecule has 1 aromatic carbocycles. The van der Waals surface area contributed by atoms with Crippen LogP contribution in [0.25, 0.3) is 11.0 Å². The minimum atomic E-state index is -0.296. The molecule has 0 radical (unpaired) electrons. The fraction of sp³-hybridized carbons (Fsp3) is 0.429. The lowest BCUT2D eigenvalue weighted by Crippen LogP contribution is -2.17. The van der Waals surface area contributed by atoms with Crippen LogP contribution < -0.4 is 5.32 Å². The van der Waals surface area contributed by atoms with Gasteiger partial charge in [0.1, 0.15) is 0 Å². The van der Waals surface area contributed by atoms with Crippen molar-refractivity contribution in [3.05, 3.63) is 29.4 Å². The van der Waals surface area contributed by atoms with E-state index >= 15 is 0 Å². The van der Waals surface area contributed by atoms with Crippen molar-refractivity contribution >= 4 is 28.5 Å². The van der Waals surface area contributed by atoms with Crippen LogP contribution in [-0.2, 0) is 0 Å². The molecule has 0 aliphatic carbocycles. The molecule has 0 saturated heterocycles. The second kappa shape index (κ2) is 6.17. The zero-order valence-corrected chi connectivity index (χ0v) is 11.9. The number of fused-ring (bicyclic) bond motifs is 1. The van der Waals surface area contributed by atoms with Gasteiger partial charge in [-0.1, -0.05) is 30.7 Å². The molecule has 0 spiro atoms. The van der Waals surface area contributed by atoms with Crippen molar-refractivity contribution in [2.24, 2.45) is 5.92 Å². The van der Waals surface area contributed by atoms with Crippen molar-refractivity contribution in [2.75, 3.05) is 11.9 Å². The molecule has 2 aromatic rings. The number of nitrogens with one attached hydrogen (secondary N) is 1. The molecule has 0 aliphatic heterocycles. The van der Waals surface area contributed by atoms with Crippen molar-refractivity contribution in [3.63, 3.8) is 0 Å². The molecular formula is C14H18ClN3O. The monoisotopic (exact) mass is 279 g/mol. The molecule has 0 bridgehead atoms. The van der Waals surface area contributed by atoms with Crippen LogP contribution in [0.15, 0.2) is 24.3 Å². The summed E-state index contributed by atoms with van der Waals surface area (Å²) in [5.74, 6) is 0.933. The van der Waals surface area contributed by atoms with E-state index in [1.807, 2.05) is 24.3 Å². The van der Waals surface area contributed by atoms with E-state index in [1.54, 1.807) is 6.92 Å². The highest BCUT2D eigenvalue weighted by molar-refractivity contribution is 6.32. The lowest BCUT2D eigenvalue weighted by molar-refractivity contribution is 0.166. The number of hydrogen-bond donors (Lipinski definition) is 2. The number of rotatable bonds is 5. The van der Waals surface area contributed by atoms with Gasteiger partial charge in [0, 0.05) is 6.54 Å². The van der Waals surface area contributed by atoms with E-state index in [0.717, 1.165) is 17.5 Å². The summed E-state index contributed by atoms with van der Waals surface area (Å²) in [5, 5.41) is 12.9. The first-order valence-corrected chi connectivity index (χ1v) is 6.78. The summed E-state index contributed by atoms with van der Waals surface area (Å²) in [5.41, 5.74) is 1.60. The van der Waals surface area contributed by atoms with E-state index in [4.69, 9.17) is 11.6 Å². The Morgan fingerprint density at radius 1 is 1.21 bits per heavy atom. The Labute approximate surface area is 117 Å². The summed E-state index contributed by atoms with van der Waals surface area (Å²) in [6.07, 6.45) is 0.445. The fourth-order valence-electron chi connectivity index (χ4n) is 2.03. The zero-order chi connectivity index (χ0) is 13.8. The van der Waals surface area contributed by atoms with Gasteiger partial charge in [-0.2, -0.15) is 0 Å². The number of anilines is 1. The molecule has 102 valence electrons. The van der Waals surface area contributed by atoms with E-state index in [-0.39, 0.29) is 6.10 Å². The van der Waals surface area contributed by atoms with E-state index in [1.165, 1.54) is 0 Å². The van der Waals surface area contributed by atoms with Crippen LogP contribution in [0, 0.1) is 5.92 Å². The Morgan fingerprint density at radius 2 is 1.84 bits per heavy atom. The highest BCUT2D eigenvalue weighted by Crippen LogP contribution is 2.21. The summed E-state index contributed by atoms with van der Waals surface area (Å²) >= 11 is 6.11. The second-order valence-electron chi connectivity index (χ2n) is 4.92. The molecule has 2 rings (SSSR count). The third-order valence-corrected chi connectivity index (χ3v) is 3.15. The van der Waals surface area contributed by atoms with Gasteiger partial charge in [0.2, 0.25) is 0 Å². The predicted octanol–water partition coefficient (Wildman–Crippen LogP) is 3.10. The van der Waals surface area contributed by atoms with Crippen LogP contribution >= 0.6 is 11.6 Å². The third kappa shape index (κ3) is 3.78. The second-order valence-corrected chi connectivity index (χ2v) is 5.28. The summed E-state index contributed by atoms with van der Waals surface area (Å²) in [4.78, 5) is 8.76. The Bertz CT molecular complexity index is 559. The molecule has 2 atom stereocenters. The van der Waals surface area contributed by atoms with Crippen LogP contribution in [0.5, 0.6) is 0 Å². The molecule has 1 aromatic heterocycles. The average molecular weight is 280 g/mol. The Hall–Kier alpha value is -1.39. The highest BCUT2D eigenvalue weighted by atomic mass is 35.5. The molecule has 0 fully saturated rings. The van der Waals surface area contributed by atoms with Gasteiger partial charge >= 0.3 is 0 Å². The van der Waals surface area contributed by atoms with Gasteiger partial charge in [-0.25, -0.2) is 9.97 Å². The van der Waals surface area contributed by atoms with Gasteiger partial charge in [-0.3, -0.25) is 0 Å². The van der Waals surface area contributed by atoms with Crippen LogP contribution in [0.3, 0.4) is 0 Å². The SMILES string of the molecule is CC(O)CC(C)CNc1nc2ccccc2nc1Cl. The van der Waals surface area contributed by atoms with Crippen molar-refractivity contribution < 1.29 is 5.11 Å². The zero-order valence-electron chi connectivity index (χ0n) is 11.1. The maximum Gasteiger partial charge on any atom is 0.172 e. The maximum absolute atomic E-state index is 9.33. The van der Waals surface area contributed by atoms with Gasteiger partial charge < -0.3 is 10.4 Å². The number of para-hydroxylation sites is 2. The number of aliphatic hydroxyl groups is 1. The van der Waals surface area contributed by atoms with Crippen LogP contribution in [0.2, 0.25) is 5.15 Å². The first-order valence-electron chi connectivity index (χ1n) is 6.40. The van der Waals surface area contributed by atoms with Crippen molar-refractivity contribution in [1.29, 1.82) is 0 Å². The lowest BCUT2D eigenvalue weighted by Gasteiger charge is -2.15. The minimum Gasteiger partial charge on any atom is -0.393 e. The number of halogens is 1. The molecule has 4 nitrogen and oxygen atoms in total. The standard InChI is InChI=1S/C14H18ClN3O/c1-9(7-10(2)19)8-16-14-13(15)17-11-5-3-4-6-12(11)18-14/h3-6,9-10,19H,7-8H2,1-2H3,(H,16,18). The van der Waals surface area contributed by atoms with Gasteiger partial charge in [0.05, 0.1) is 17.1 Å². The molecule has 19 heavy (non-hydrogen) atoms. The summed E-state index contributed by atoms with van der Waals surface area (Å²) < 4.78 is 0. The first kappa shape index (κ1) is 14.0. The number of benzene rings is 1. The number of nitrogens with zero attached hydrogens (tertiary/aromatic N) is 2. The number of hydrogen-bond acceptors (Lipinski definition) is 4. The predicted molar refractivity (Wildman–Crippen MR) is 78.5 cm³/mol. The van der Waals surface area contributed by atoms with Gasteiger partial charge in [-0.15, -0.1) is 0 Å². The Kier molecular flexibility index (Phi) is 4.56. The first-order chi connectivity index (χ1) is 9.06. The van der Waals surface area contributed by atoms with Crippen molar-refractivity contribution in [3.8, 4) is 0 Å². The molecular weight excluding hydrogens is 262 g/mol. The maximum atomic E-state index is 9.33. The molecule has 2 N–H and O–H groups in total. The van der Waals surface area contributed by atoms with Crippen LogP contribution in [0.4, 0.5) is 5.82 Å². The fourth-order valence-corrected chi connectivity index (χ4v) is 2.23. The normalized spacial score (nSPS) is 14.3. The molecule has 1 heterocycles. The van der Waals surface area contributed by atoms with Gasteiger partial charge in [0.25, 0.3) is 0 Å². The minimum absolute atomic E-state index is 0.296. The van der Waals surface area contributed by atoms with E-state index in [0.29, 0.717) is 23.4 Å². The lowest BCUT2D eigenvalue weighted by atomic mass is 10.1. The Balaban J connectivity index is 2.10. The summed E-state index contributed by atoms with van der Waals surface area (Å²) in [7, 11) is 0. The highest BCUT2D eigenvalue weighted by Gasteiger charge is 2.09. The van der Waals surface area contributed by atoms with Crippen molar-refractivity contribution in [2.45, 2.75) is 26.4 Å². The summed E-state index contributed by atoms with van der Waals surface area (Å²) in [6, 6.07) is 7.62. The van der Waals surface area contributed by atoms with Gasteiger partial charge in [0.15, 0.2) is 11.0 Å². The van der Waals surface area contributed by atoms with Gasteiger partial charge in [-0.05, 0) is 31.4 Å². The van der Waals surface area contributed by atoms with E-state index in [2.05, 4.69) is 22.2 Å². The van der Waals surface area contributed by atoms with Crippen LogP contribution in [-0.4, -0.2) is 27.7 Å². The Morgan fingerprint density at radius 3 is 2.47 bits per heavy atom. The third-order valence-electron chi connectivity index (χ3n) is 2.89. The van der Waals surface area contributed by atoms with E-state index in [9.17, 15) is 5.11 Å². The number of aromatic nitrogens is 2. The smallest absolute Gasteiger partial charge is 0.172 e. The molecule has 0 amide bonds. The molecule has 5 heteroatoms. The molecule has 2 unspecified atom stereocenters. The molecule has 0 aliphatic rings. The van der Waals surface area contributed by atoms with Crippen molar-refractivity contribution in [1.82, 2.24) is 9.97 Å². The topological polar surface area (TPSA) is 58.0 Å². The quantitative estimate of drug-likeness (QED) is 0.883. The largest absolute Gasteiger partial charge is 0.393 e.